The van der Waals surface area contributed by atoms with Crippen molar-refractivity contribution in [3.63, 3.8) is 0 Å². The van der Waals surface area contributed by atoms with E-state index in [4.69, 9.17) is 4.74 Å². The standard InChI is InChI=1S/C13H24O.C2H6O/c1-11-2-4-12(5-3-11)10-13-6-8-14-9-7-13;1-3-2/h11-13H,2-10H2,1H3;1-2H3. The van der Waals surface area contributed by atoms with Crippen molar-refractivity contribution in [2.45, 2.75) is 51.9 Å². The van der Waals surface area contributed by atoms with E-state index >= 15 is 0 Å². The molecule has 0 amide bonds. The van der Waals surface area contributed by atoms with Crippen molar-refractivity contribution in [1.29, 1.82) is 0 Å². The predicted molar refractivity (Wildman–Crippen MR) is 72.2 cm³/mol. The van der Waals surface area contributed by atoms with Crippen LogP contribution in [0.3, 0.4) is 0 Å². The highest BCUT2D eigenvalue weighted by Gasteiger charge is 2.22. The molecule has 102 valence electrons. The molecule has 17 heavy (non-hydrogen) atoms. The fourth-order valence-electron chi connectivity index (χ4n) is 3.02. The summed E-state index contributed by atoms with van der Waals surface area (Å²) in [6.45, 7) is 4.45. The van der Waals surface area contributed by atoms with E-state index in [1.165, 1.54) is 44.9 Å². The highest BCUT2D eigenvalue weighted by atomic mass is 16.5. The average molecular weight is 242 g/mol. The van der Waals surface area contributed by atoms with Crippen molar-refractivity contribution in [2.75, 3.05) is 27.4 Å². The molecule has 2 nitrogen and oxygen atoms in total. The van der Waals surface area contributed by atoms with E-state index < -0.39 is 0 Å². The molecule has 0 radical (unpaired) electrons. The molecule has 0 aromatic rings. The second-order valence-electron chi connectivity index (χ2n) is 5.83. The second kappa shape index (κ2) is 8.93. The van der Waals surface area contributed by atoms with Crippen molar-refractivity contribution < 1.29 is 9.47 Å². The normalized spacial score (nSPS) is 30.5. The molecule has 0 spiro atoms. The Morgan fingerprint density at radius 3 is 1.88 bits per heavy atom. The molecule has 2 aliphatic rings. The summed E-state index contributed by atoms with van der Waals surface area (Å²) in [5.41, 5.74) is 0. The summed E-state index contributed by atoms with van der Waals surface area (Å²) in [6, 6.07) is 0. The molecule has 0 N–H and O–H groups in total. The Bertz CT molecular complexity index is 168. The van der Waals surface area contributed by atoms with Gasteiger partial charge in [-0.15, -0.1) is 0 Å². The maximum Gasteiger partial charge on any atom is 0.0468 e. The third-order valence-corrected chi connectivity index (χ3v) is 4.14. The Hall–Kier alpha value is -0.0800. The Morgan fingerprint density at radius 1 is 0.882 bits per heavy atom. The Labute approximate surface area is 107 Å². The summed E-state index contributed by atoms with van der Waals surface area (Å²) < 4.78 is 9.66. The van der Waals surface area contributed by atoms with Gasteiger partial charge in [0.15, 0.2) is 0 Å². The van der Waals surface area contributed by atoms with Gasteiger partial charge in [0.25, 0.3) is 0 Å². The van der Waals surface area contributed by atoms with Gasteiger partial charge in [-0.3, -0.25) is 0 Å². The Balaban J connectivity index is 0.000000437. The van der Waals surface area contributed by atoms with Crippen LogP contribution in [0.4, 0.5) is 0 Å². The van der Waals surface area contributed by atoms with Crippen LogP contribution in [-0.2, 0) is 9.47 Å². The van der Waals surface area contributed by atoms with Crippen LogP contribution in [-0.4, -0.2) is 27.4 Å². The third-order valence-electron chi connectivity index (χ3n) is 4.14. The van der Waals surface area contributed by atoms with E-state index in [1.807, 2.05) is 0 Å². The quantitative estimate of drug-likeness (QED) is 0.731. The molecule has 2 fully saturated rings. The van der Waals surface area contributed by atoms with Gasteiger partial charge in [-0.05, 0) is 37.0 Å². The van der Waals surface area contributed by atoms with Crippen LogP contribution in [0.5, 0.6) is 0 Å². The summed E-state index contributed by atoms with van der Waals surface area (Å²) in [5.74, 6) is 3.04. The molecule has 0 aromatic carbocycles. The van der Waals surface area contributed by atoms with Gasteiger partial charge >= 0.3 is 0 Å². The molecule has 1 saturated heterocycles. The van der Waals surface area contributed by atoms with E-state index in [9.17, 15) is 0 Å². The molecule has 0 aromatic heterocycles. The Kier molecular flexibility index (Phi) is 7.87. The van der Waals surface area contributed by atoms with Crippen LogP contribution >= 0.6 is 0 Å². The molecule has 1 aliphatic carbocycles. The maximum atomic E-state index is 5.41. The first-order valence-electron chi connectivity index (χ1n) is 7.24. The lowest BCUT2D eigenvalue weighted by Gasteiger charge is -2.31. The van der Waals surface area contributed by atoms with Gasteiger partial charge in [0.1, 0.15) is 0 Å². The topological polar surface area (TPSA) is 18.5 Å². The zero-order valence-corrected chi connectivity index (χ0v) is 11.9. The minimum absolute atomic E-state index is 0.988. The van der Waals surface area contributed by atoms with Gasteiger partial charge in [0, 0.05) is 27.4 Å². The van der Waals surface area contributed by atoms with E-state index in [0.717, 1.165) is 31.0 Å². The van der Waals surface area contributed by atoms with Crippen molar-refractivity contribution in [1.82, 2.24) is 0 Å². The first kappa shape index (κ1) is 15.0. The smallest absolute Gasteiger partial charge is 0.0468 e. The molecule has 0 unspecified atom stereocenters. The van der Waals surface area contributed by atoms with Gasteiger partial charge in [-0.1, -0.05) is 32.6 Å². The number of rotatable bonds is 2. The minimum atomic E-state index is 0.988. The monoisotopic (exact) mass is 242 g/mol. The summed E-state index contributed by atoms with van der Waals surface area (Å²) in [5, 5.41) is 0. The molecule has 2 rings (SSSR count). The van der Waals surface area contributed by atoms with Crippen LogP contribution in [0, 0.1) is 17.8 Å². The Morgan fingerprint density at radius 2 is 1.35 bits per heavy atom. The van der Waals surface area contributed by atoms with Crippen LogP contribution in [0.25, 0.3) is 0 Å². The maximum absolute atomic E-state index is 5.41. The fourth-order valence-corrected chi connectivity index (χ4v) is 3.02. The predicted octanol–water partition coefficient (Wildman–Crippen LogP) is 3.89. The summed E-state index contributed by atoms with van der Waals surface area (Å²) in [6.07, 6.45) is 10.1. The lowest BCUT2D eigenvalue weighted by Crippen LogP contribution is -2.21. The molecule has 0 bridgehead atoms. The van der Waals surface area contributed by atoms with Crippen molar-refractivity contribution in [3.05, 3.63) is 0 Å². The van der Waals surface area contributed by atoms with Crippen LogP contribution in [0.15, 0.2) is 0 Å². The summed E-state index contributed by atoms with van der Waals surface area (Å²) in [4.78, 5) is 0. The highest BCUT2D eigenvalue weighted by molar-refractivity contribution is 4.74. The van der Waals surface area contributed by atoms with E-state index in [1.54, 1.807) is 14.2 Å². The van der Waals surface area contributed by atoms with Crippen LogP contribution < -0.4 is 0 Å². The van der Waals surface area contributed by atoms with Crippen molar-refractivity contribution in [2.24, 2.45) is 17.8 Å². The molecular weight excluding hydrogens is 212 g/mol. The van der Waals surface area contributed by atoms with Crippen LogP contribution in [0.1, 0.15) is 51.9 Å². The number of hydrogen-bond donors (Lipinski definition) is 0. The highest BCUT2D eigenvalue weighted by Crippen LogP contribution is 2.34. The number of hydrogen-bond acceptors (Lipinski definition) is 2. The first-order valence-corrected chi connectivity index (χ1v) is 7.24. The van der Waals surface area contributed by atoms with E-state index in [0.29, 0.717) is 0 Å². The lowest BCUT2D eigenvalue weighted by atomic mass is 9.77. The average Bonchev–Trinajstić information content (AvgIpc) is 2.35. The molecule has 1 aliphatic heterocycles. The summed E-state index contributed by atoms with van der Waals surface area (Å²) in [7, 11) is 3.25. The number of methoxy groups -OCH3 is 1. The van der Waals surface area contributed by atoms with Gasteiger partial charge in [-0.2, -0.15) is 0 Å². The van der Waals surface area contributed by atoms with Gasteiger partial charge in [0.2, 0.25) is 0 Å². The van der Waals surface area contributed by atoms with Gasteiger partial charge < -0.3 is 9.47 Å². The second-order valence-corrected chi connectivity index (χ2v) is 5.83. The molecule has 1 heterocycles. The lowest BCUT2D eigenvalue weighted by molar-refractivity contribution is 0.0552. The largest absolute Gasteiger partial charge is 0.388 e. The fraction of sp³-hybridized carbons (Fsp3) is 1.00. The zero-order chi connectivity index (χ0) is 12.5. The SMILES string of the molecule is CC1CCC(CC2CCOCC2)CC1.COC. The third kappa shape index (κ3) is 6.42. The van der Waals surface area contributed by atoms with Crippen molar-refractivity contribution >= 4 is 0 Å². The molecule has 1 saturated carbocycles. The number of ether oxygens (including phenoxy) is 2. The first-order chi connectivity index (χ1) is 8.26. The molecular formula is C15H30O2. The zero-order valence-electron chi connectivity index (χ0n) is 11.9. The van der Waals surface area contributed by atoms with E-state index in [2.05, 4.69) is 11.7 Å². The van der Waals surface area contributed by atoms with Crippen molar-refractivity contribution in [3.8, 4) is 0 Å². The van der Waals surface area contributed by atoms with Gasteiger partial charge in [0.05, 0.1) is 0 Å². The minimum Gasteiger partial charge on any atom is -0.388 e. The van der Waals surface area contributed by atoms with E-state index in [-0.39, 0.29) is 0 Å². The van der Waals surface area contributed by atoms with Crippen LogP contribution in [0.2, 0.25) is 0 Å². The van der Waals surface area contributed by atoms with Gasteiger partial charge in [-0.25, -0.2) is 0 Å². The summed E-state index contributed by atoms with van der Waals surface area (Å²) >= 11 is 0. The molecule has 0 atom stereocenters. The molecule has 2 heteroatoms.